The molecule has 29 heteroatoms. The van der Waals surface area contributed by atoms with Gasteiger partial charge in [0.1, 0.15) is 22.6 Å². The van der Waals surface area contributed by atoms with E-state index in [1.54, 1.807) is 6.07 Å². The standard InChI is InChI=1S/C30H30N10O15S4/c31-17-53-40-21-7-1-4-18(14-21)34-37-27-24(30(41)42)28(38-35-19-5-2-8-22(15-19)56(43,44)12-10-54-58(47,48)49)26(33)29(25(27)32)39-36-20-6-3-9-23(16-20)57(45,46)13-11-55-59(50,51)52/h1-9,14-17,31,40H,10-13,32-33H2,(H,41,42)(H,47,48,49)(H,50,51,52). The van der Waals surface area contributed by atoms with E-state index in [9.17, 15) is 43.6 Å². The number of nitrogens with zero attached hydrogens (tertiary/aromatic N) is 6. The molecule has 0 amide bonds. The van der Waals surface area contributed by atoms with E-state index in [1.807, 2.05) is 0 Å². The number of nitrogens with two attached hydrogens (primary N) is 2. The van der Waals surface area contributed by atoms with Gasteiger partial charge < -0.3 is 21.4 Å². The molecule has 0 saturated heterocycles. The molecule has 4 rings (SSSR count). The third kappa shape index (κ3) is 13.1. The van der Waals surface area contributed by atoms with Crippen molar-refractivity contribution in [2.45, 2.75) is 9.79 Å². The zero-order valence-corrected chi connectivity index (χ0v) is 32.8. The molecule has 0 radical (unpaired) electrons. The Labute approximate surface area is 334 Å². The van der Waals surface area contributed by atoms with E-state index in [4.69, 9.17) is 30.8 Å². The molecule has 0 fully saturated rings. The molecule has 0 spiro atoms. The van der Waals surface area contributed by atoms with Crippen molar-refractivity contribution in [2.24, 2.45) is 30.7 Å². The monoisotopic (exact) mass is 898 g/mol. The van der Waals surface area contributed by atoms with Gasteiger partial charge in [0, 0.05) is 0 Å². The molecule has 0 heterocycles. The van der Waals surface area contributed by atoms with Crippen LogP contribution in [0.5, 0.6) is 0 Å². The number of carbonyl (C=O) groups is 1. The van der Waals surface area contributed by atoms with E-state index in [0.29, 0.717) is 12.1 Å². The quantitative estimate of drug-likeness (QED) is 0.0154. The summed E-state index contributed by atoms with van der Waals surface area (Å²) >= 11 is 0. The van der Waals surface area contributed by atoms with Crippen molar-refractivity contribution in [3.05, 3.63) is 78.4 Å². The van der Waals surface area contributed by atoms with Crippen LogP contribution in [0.3, 0.4) is 0 Å². The number of hydrogen-bond donors (Lipinski definition) is 7. The average Bonchev–Trinajstić information content (AvgIpc) is 3.15. The van der Waals surface area contributed by atoms with E-state index in [1.165, 1.54) is 42.5 Å². The van der Waals surface area contributed by atoms with E-state index in [0.717, 1.165) is 24.3 Å². The number of nitrogens with one attached hydrogen (secondary N) is 2. The lowest BCUT2D eigenvalue weighted by Gasteiger charge is -2.13. The largest absolute Gasteiger partial charge is 0.478 e. The number of aromatic carboxylic acids is 1. The van der Waals surface area contributed by atoms with Gasteiger partial charge >= 0.3 is 26.8 Å². The summed E-state index contributed by atoms with van der Waals surface area (Å²) in [6, 6.07) is 15.3. The van der Waals surface area contributed by atoms with Gasteiger partial charge in [-0.25, -0.2) is 35.5 Å². The molecule has 0 unspecified atom stereocenters. The molecule has 4 aromatic carbocycles. The van der Waals surface area contributed by atoms with E-state index < -0.39 is 110 Å². The summed E-state index contributed by atoms with van der Waals surface area (Å²) in [5, 5.41) is 41.3. The summed E-state index contributed by atoms with van der Waals surface area (Å²) in [4.78, 5) is 16.7. The minimum absolute atomic E-state index is 0.113. The van der Waals surface area contributed by atoms with Crippen LogP contribution in [0.1, 0.15) is 10.4 Å². The van der Waals surface area contributed by atoms with Crippen LogP contribution < -0.4 is 16.9 Å². The zero-order valence-electron chi connectivity index (χ0n) is 29.5. The fraction of sp³-hybridized carbons (Fsp3) is 0.133. The second-order valence-corrected chi connectivity index (χ2v) is 17.6. The number of carboxylic acids is 1. The maximum atomic E-state index is 12.8. The topological polar surface area (TPSA) is 404 Å². The first kappa shape index (κ1) is 45.4. The zero-order chi connectivity index (χ0) is 43.6. The van der Waals surface area contributed by atoms with Crippen molar-refractivity contribution in [3.8, 4) is 0 Å². The molecule has 0 aliphatic carbocycles. The summed E-state index contributed by atoms with van der Waals surface area (Å²) in [7, 11) is -18.3. The van der Waals surface area contributed by atoms with Crippen molar-refractivity contribution in [1.82, 2.24) is 0 Å². The summed E-state index contributed by atoms with van der Waals surface area (Å²) in [6.45, 7) is -1.83. The Balaban J connectivity index is 1.84. The minimum Gasteiger partial charge on any atom is -0.478 e. The van der Waals surface area contributed by atoms with Crippen LogP contribution in [0, 0.1) is 5.41 Å². The smallest absolute Gasteiger partial charge is 0.397 e. The van der Waals surface area contributed by atoms with Gasteiger partial charge in [-0.1, -0.05) is 18.2 Å². The highest BCUT2D eigenvalue weighted by molar-refractivity contribution is 7.91. The van der Waals surface area contributed by atoms with Gasteiger partial charge in [-0.3, -0.25) is 14.5 Å². The number of carboxylic acid groups (broad SMARTS) is 1. The lowest BCUT2D eigenvalue weighted by Crippen LogP contribution is -2.15. The lowest BCUT2D eigenvalue weighted by atomic mass is 10.1. The maximum absolute atomic E-state index is 12.8. The summed E-state index contributed by atoms with van der Waals surface area (Å²) in [5.41, 5.74) is 11.7. The van der Waals surface area contributed by atoms with Crippen molar-refractivity contribution < 1.29 is 65.9 Å². The molecule has 0 bridgehead atoms. The van der Waals surface area contributed by atoms with Gasteiger partial charge in [-0.2, -0.15) is 32.2 Å². The maximum Gasteiger partial charge on any atom is 0.397 e. The first-order chi connectivity index (χ1) is 27.6. The van der Waals surface area contributed by atoms with Crippen LogP contribution in [0.2, 0.25) is 0 Å². The van der Waals surface area contributed by atoms with Crippen LogP contribution >= 0.6 is 0 Å². The van der Waals surface area contributed by atoms with Gasteiger partial charge in [0.15, 0.2) is 19.7 Å². The Morgan fingerprint density at radius 2 is 1.05 bits per heavy atom. The molecule has 0 aliphatic heterocycles. The van der Waals surface area contributed by atoms with Crippen LogP contribution in [-0.2, 0) is 53.7 Å². The Kier molecular flexibility index (Phi) is 14.6. The van der Waals surface area contributed by atoms with Crippen molar-refractivity contribution in [2.75, 3.05) is 41.7 Å². The van der Waals surface area contributed by atoms with Crippen LogP contribution in [0.15, 0.2) is 113 Å². The molecular weight excluding hydrogens is 869 g/mol. The molecule has 9 N–H and O–H groups in total. The highest BCUT2D eigenvalue weighted by Gasteiger charge is 2.27. The normalized spacial score (nSPS) is 12.6. The molecule has 4 aromatic rings. The van der Waals surface area contributed by atoms with Gasteiger partial charge in [-0.05, 0) is 54.6 Å². The van der Waals surface area contributed by atoms with Gasteiger partial charge in [0.05, 0.1) is 68.6 Å². The van der Waals surface area contributed by atoms with Crippen LogP contribution in [0.4, 0.5) is 51.2 Å². The molecule has 0 atom stereocenters. The van der Waals surface area contributed by atoms with Gasteiger partial charge in [-0.15, -0.1) is 15.3 Å². The van der Waals surface area contributed by atoms with E-state index >= 15 is 0 Å². The summed E-state index contributed by atoms with van der Waals surface area (Å²) in [5.74, 6) is -3.44. The third-order valence-electron chi connectivity index (χ3n) is 7.11. The first-order valence-electron chi connectivity index (χ1n) is 15.7. The highest BCUT2D eigenvalue weighted by Crippen LogP contribution is 2.49. The van der Waals surface area contributed by atoms with Gasteiger partial charge in [0.2, 0.25) is 6.40 Å². The van der Waals surface area contributed by atoms with Crippen molar-refractivity contribution >= 4 is 104 Å². The van der Waals surface area contributed by atoms with Crippen molar-refractivity contribution in [1.29, 1.82) is 5.41 Å². The Morgan fingerprint density at radius 3 is 1.46 bits per heavy atom. The average molecular weight is 899 g/mol. The molecule has 0 saturated carbocycles. The molecule has 25 nitrogen and oxygen atoms in total. The van der Waals surface area contributed by atoms with Crippen LogP contribution in [0.25, 0.3) is 0 Å². The number of azo groups is 3. The molecule has 0 aliphatic rings. The summed E-state index contributed by atoms with van der Waals surface area (Å²) < 4.78 is 120. The van der Waals surface area contributed by atoms with Crippen LogP contribution in [-0.4, -0.2) is 85.0 Å². The fourth-order valence-electron chi connectivity index (χ4n) is 4.53. The van der Waals surface area contributed by atoms with E-state index in [2.05, 4.69) is 44.5 Å². The number of anilines is 3. The first-order valence-corrected chi connectivity index (χ1v) is 21.8. The Morgan fingerprint density at radius 1 is 0.644 bits per heavy atom. The molecule has 59 heavy (non-hydrogen) atoms. The third-order valence-corrected chi connectivity index (χ3v) is 11.4. The highest BCUT2D eigenvalue weighted by atomic mass is 32.3. The second kappa shape index (κ2) is 18.9. The predicted octanol–water partition coefficient (Wildman–Crippen LogP) is 4.93. The Hall–Kier alpha value is -6.34. The molecule has 314 valence electrons. The fourth-order valence-corrected chi connectivity index (χ4v) is 7.58. The number of hydrogen-bond acceptors (Lipinski definition) is 22. The van der Waals surface area contributed by atoms with E-state index in [-0.39, 0.29) is 22.0 Å². The molecular formula is C30H30N10O15S4. The van der Waals surface area contributed by atoms with Crippen molar-refractivity contribution in [3.63, 3.8) is 0 Å². The predicted molar refractivity (Wildman–Crippen MR) is 207 cm³/mol. The molecule has 0 aromatic heterocycles. The second-order valence-electron chi connectivity index (χ2n) is 11.2. The van der Waals surface area contributed by atoms with Gasteiger partial charge in [0.25, 0.3) is 0 Å². The SMILES string of the molecule is N=CONc1cccc(N=Nc2c(N)c(N=Nc3cccc(S(=O)(=O)CCOS(=O)(=O)O)c3)c(N)c(N=Nc3cccc(S(=O)(=O)CCOS(=O)(=O)O)c3)c2C(=O)O)c1. The lowest BCUT2D eigenvalue weighted by molar-refractivity contribution is 0.0698. The number of rotatable bonds is 20. The summed E-state index contributed by atoms with van der Waals surface area (Å²) in [6.07, 6.45) is 0.615. The number of benzene rings is 4. The number of sulfone groups is 2. The number of nitrogen functional groups attached to an aromatic ring is 2. The minimum atomic E-state index is -4.93. The Bertz CT molecular complexity index is 2800.